The minimum absolute atomic E-state index is 0.0859. The van der Waals surface area contributed by atoms with Gasteiger partial charge in [-0.3, -0.25) is 20.2 Å². The summed E-state index contributed by atoms with van der Waals surface area (Å²) in [6.07, 6.45) is 1.57. The molecule has 0 aliphatic carbocycles. The Bertz CT molecular complexity index is 1280. The lowest BCUT2D eigenvalue weighted by Crippen LogP contribution is -2.21. The van der Waals surface area contributed by atoms with Crippen LogP contribution < -0.4 is 10.9 Å². The molecule has 8 nitrogen and oxygen atoms in total. The molecule has 2 aromatic heterocycles. The van der Waals surface area contributed by atoms with Gasteiger partial charge in [-0.25, -0.2) is 9.98 Å². The molecule has 0 fully saturated rings. The van der Waals surface area contributed by atoms with E-state index in [0.717, 1.165) is 4.47 Å². The van der Waals surface area contributed by atoms with Gasteiger partial charge in [0.25, 0.3) is 11.6 Å². The van der Waals surface area contributed by atoms with Gasteiger partial charge in [0.05, 0.1) is 10.6 Å². The van der Waals surface area contributed by atoms with Gasteiger partial charge in [0, 0.05) is 33.6 Å². The Labute approximate surface area is 175 Å². The highest BCUT2D eigenvalue weighted by atomic mass is 79.9. The molecule has 4 rings (SSSR count). The number of halogens is 1. The summed E-state index contributed by atoms with van der Waals surface area (Å²) in [7, 11) is 0. The minimum Gasteiger partial charge on any atom is -0.438 e. The van der Waals surface area contributed by atoms with Crippen LogP contribution >= 0.6 is 27.3 Å². The number of amides is 1. The van der Waals surface area contributed by atoms with E-state index in [0.29, 0.717) is 21.8 Å². The number of carbonyl (C=O) groups excluding carboxylic acids is 1. The van der Waals surface area contributed by atoms with Gasteiger partial charge in [-0.2, -0.15) is 0 Å². The number of nitrogens with zero attached hydrogens (tertiary/aromatic N) is 3. The van der Waals surface area contributed by atoms with E-state index in [1.54, 1.807) is 23.7 Å². The third-order valence-corrected chi connectivity index (χ3v) is 5.11. The molecule has 0 aliphatic heterocycles. The van der Waals surface area contributed by atoms with Crippen molar-refractivity contribution in [3.63, 3.8) is 0 Å². The molecule has 0 saturated carbocycles. The summed E-state index contributed by atoms with van der Waals surface area (Å²) in [5, 5.41) is 16.3. The van der Waals surface area contributed by atoms with Crippen molar-refractivity contribution >= 4 is 60.6 Å². The van der Waals surface area contributed by atoms with Crippen LogP contribution in [0.4, 0.5) is 16.5 Å². The van der Waals surface area contributed by atoms with E-state index in [9.17, 15) is 14.9 Å². The average molecular weight is 471 g/mol. The van der Waals surface area contributed by atoms with E-state index in [2.05, 4.69) is 31.2 Å². The molecule has 4 aromatic rings. The van der Waals surface area contributed by atoms with Crippen molar-refractivity contribution in [2.24, 2.45) is 4.99 Å². The zero-order valence-corrected chi connectivity index (χ0v) is 16.9. The van der Waals surface area contributed by atoms with E-state index in [4.69, 9.17) is 4.42 Å². The standard InChI is InChI=1S/C19H11BrN4O4S/c20-12-1-3-13(4-2-12)22-18-15(17(25)23-19-21-7-8-29-19)10-11-9-14(24(26)27)5-6-16(11)28-18/h1-10H,(H,21,23,25). The number of hydrogen-bond donors (Lipinski definition) is 1. The van der Waals surface area contributed by atoms with Crippen LogP contribution in [-0.4, -0.2) is 15.8 Å². The van der Waals surface area contributed by atoms with Crippen LogP contribution in [0.5, 0.6) is 0 Å². The van der Waals surface area contributed by atoms with Gasteiger partial charge in [0.1, 0.15) is 11.1 Å². The number of rotatable bonds is 4. The number of carbonyl (C=O) groups is 1. The normalized spacial score (nSPS) is 11.6. The Hall–Kier alpha value is -3.37. The Balaban J connectivity index is 1.88. The first kappa shape index (κ1) is 19.0. The average Bonchev–Trinajstić information content (AvgIpc) is 3.21. The van der Waals surface area contributed by atoms with Crippen LogP contribution in [0.15, 0.2) is 74.0 Å². The SMILES string of the molecule is O=C(Nc1nccs1)c1cc2cc([N+](=O)[O-])ccc2oc1=Nc1ccc(Br)cc1. The number of non-ortho nitro benzene ring substituents is 1. The fourth-order valence-corrected chi connectivity index (χ4v) is 3.35. The first-order valence-electron chi connectivity index (χ1n) is 8.23. The molecule has 2 heterocycles. The predicted octanol–water partition coefficient (Wildman–Crippen LogP) is 5.04. The number of nitrogens with one attached hydrogen (secondary N) is 1. The van der Waals surface area contributed by atoms with Gasteiger partial charge in [-0.1, -0.05) is 15.9 Å². The molecule has 1 N–H and O–H groups in total. The van der Waals surface area contributed by atoms with E-state index < -0.39 is 10.8 Å². The number of hydrogen-bond acceptors (Lipinski definition) is 7. The van der Waals surface area contributed by atoms with Crippen LogP contribution in [0.3, 0.4) is 0 Å². The van der Waals surface area contributed by atoms with Gasteiger partial charge in [-0.15, -0.1) is 11.3 Å². The second-order valence-electron chi connectivity index (χ2n) is 5.82. The molecule has 0 bridgehead atoms. The number of fused-ring (bicyclic) bond motifs is 1. The van der Waals surface area contributed by atoms with Crippen LogP contribution in [-0.2, 0) is 0 Å². The summed E-state index contributed by atoms with van der Waals surface area (Å²) in [5.74, 6) is -0.479. The van der Waals surface area contributed by atoms with E-state index in [1.165, 1.54) is 35.6 Å². The van der Waals surface area contributed by atoms with Crippen molar-refractivity contribution < 1.29 is 14.1 Å². The van der Waals surface area contributed by atoms with E-state index >= 15 is 0 Å². The fraction of sp³-hybridized carbons (Fsp3) is 0. The predicted molar refractivity (Wildman–Crippen MR) is 112 cm³/mol. The third-order valence-electron chi connectivity index (χ3n) is 3.90. The maximum Gasteiger partial charge on any atom is 0.270 e. The van der Waals surface area contributed by atoms with Crippen LogP contribution in [0.1, 0.15) is 10.4 Å². The van der Waals surface area contributed by atoms with Gasteiger partial charge in [0.2, 0.25) is 5.55 Å². The quantitative estimate of drug-likeness (QED) is 0.331. The van der Waals surface area contributed by atoms with Crippen LogP contribution in [0.25, 0.3) is 11.0 Å². The van der Waals surface area contributed by atoms with Crippen molar-refractivity contribution in [2.45, 2.75) is 0 Å². The molecule has 0 spiro atoms. The lowest BCUT2D eigenvalue weighted by atomic mass is 10.1. The zero-order valence-electron chi connectivity index (χ0n) is 14.5. The fourth-order valence-electron chi connectivity index (χ4n) is 2.56. The molecule has 2 aromatic carbocycles. The van der Waals surface area contributed by atoms with Crippen molar-refractivity contribution in [1.29, 1.82) is 0 Å². The number of nitro groups is 1. The summed E-state index contributed by atoms with van der Waals surface area (Å²) in [5.41, 5.74) is 1.08. The highest BCUT2D eigenvalue weighted by Crippen LogP contribution is 2.22. The molecule has 1 amide bonds. The molecule has 10 heteroatoms. The van der Waals surface area contributed by atoms with Crippen LogP contribution in [0, 0.1) is 10.1 Å². The van der Waals surface area contributed by atoms with E-state index in [1.807, 2.05) is 12.1 Å². The Kier molecular flexibility index (Phi) is 5.19. The minimum atomic E-state index is -0.505. The maximum atomic E-state index is 12.8. The van der Waals surface area contributed by atoms with Crippen LogP contribution in [0.2, 0.25) is 0 Å². The molecule has 0 aliphatic rings. The largest absolute Gasteiger partial charge is 0.438 e. The Morgan fingerprint density at radius 3 is 2.69 bits per heavy atom. The summed E-state index contributed by atoms with van der Waals surface area (Å²) < 4.78 is 6.71. The number of anilines is 1. The lowest BCUT2D eigenvalue weighted by Gasteiger charge is -2.05. The number of thiazole rings is 1. The van der Waals surface area contributed by atoms with Gasteiger partial charge in [0.15, 0.2) is 5.13 Å². The maximum absolute atomic E-state index is 12.8. The molecule has 0 unspecified atom stereocenters. The molecular formula is C19H11BrN4O4S. The van der Waals surface area contributed by atoms with Gasteiger partial charge >= 0.3 is 0 Å². The second-order valence-corrected chi connectivity index (χ2v) is 7.63. The summed E-state index contributed by atoms with van der Waals surface area (Å²) >= 11 is 4.63. The summed E-state index contributed by atoms with van der Waals surface area (Å²) in [6, 6.07) is 12.9. The Morgan fingerprint density at radius 2 is 2.00 bits per heavy atom. The number of aromatic nitrogens is 1. The van der Waals surface area contributed by atoms with E-state index in [-0.39, 0.29) is 16.8 Å². The monoisotopic (exact) mass is 470 g/mol. The van der Waals surface area contributed by atoms with Crippen molar-refractivity contribution in [1.82, 2.24) is 4.98 Å². The summed E-state index contributed by atoms with van der Waals surface area (Å²) in [4.78, 5) is 31.9. The van der Waals surface area contributed by atoms with Gasteiger partial charge < -0.3 is 4.42 Å². The number of benzene rings is 2. The van der Waals surface area contributed by atoms with Crippen molar-refractivity contribution in [2.75, 3.05) is 5.32 Å². The molecule has 0 radical (unpaired) electrons. The zero-order chi connectivity index (χ0) is 20.4. The first-order valence-corrected chi connectivity index (χ1v) is 9.90. The summed E-state index contributed by atoms with van der Waals surface area (Å²) in [6.45, 7) is 0. The molecule has 144 valence electrons. The third kappa shape index (κ3) is 4.23. The highest BCUT2D eigenvalue weighted by molar-refractivity contribution is 9.10. The number of nitro benzene ring substituents is 1. The van der Waals surface area contributed by atoms with Gasteiger partial charge in [-0.05, 0) is 36.4 Å². The first-order chi connectivity index (χ1) is 14.0. The topological polar surface area (TPSA) is 111 Å². The lowest BCUT2D eigenvalue weighted by molar-refractivity contribution is -0.384. The molecule has 29 heavy (non-hydrogen) atoms. The van der Waals surface area contributed by atoms with Crippen molar-refractivity contribution in [3.8, 4) is 0 Å². The van der Waals surface area contributed by atoms with Crippen molar-refractivity contribution in [3.05, 3.63) is 85.8 Å². The molecular weight excluding hydrogens is 460 g/mol. The Morgan fingerprint density at radius 1 is 1.21 bits per heavy atom. The molecule has 0 saturated heterocycles. The second kappa shape index (κ2) is 7.94. The molecule has 0 atom stereocenters. The highest BCUT2D eigenvalue weighted by Gasteiger charge is 2.16. The smallest absolute Gasteiger partial charge is 0.270 e.